The van der Waals surface area contributed by atoms with Gasteiger partial charge in [-0.05, 0) is 42.6 Å². The molecule has 0 N–H and O–H groups in total. The van der Waals surface area contributed by atoms with E-state index in [1.54, 1.807) is 0 Å². The first-order chi connectivity index (χ1) is 15.6. The summed E-state index contributed by atoms with van der Waals surface area (Å²) in [5.41, 5.74) is 3.23. The van der Waals surface area contributed by atoms with Crippen LogP contribution in [0.3, 0.4) is 0 Å². The molecular weight excluding hydrogens is 439 g/mol. The fraction of sp³-hybridized carbons (Fsp3) is 0.296. The molecule has 3 aromatic carbocycles. The summed E-state index contributed by atoms with van der Waals surface area (Å²) in [5.74, 6) is 0.185. The van der Waals surface area contributed by atoms with Crippen molar-refractivity contribution in [1.29, 1.82) is 0 Å². The smallest absolute Gasteiger partial charge is 0.227 e. The number of carbonyl (C=O) groups is 1. The van der Waals surface area contributed by atoms with Crippen LogP contribution in [-0.4, -0.2) is 28.8 Å². The van der Waals surface area contributed by atoms with Crippen molar-refractivity contribution in [2.24, 2.45) is 5.92 Å². The maximum Gasteiger partial charge on any atom is 0.227 e. The van der Waals surface area contributed by atoms with Gasteiger partial charge in [0.15, 0.2) is 0 Å². The molecule has 1 amide bonds. The van der Waals surface area contributed by atoms with Crippen molar-refractivity contribution in [1.82, 2.24) is 9.80 Å². The molecule has 3 nitrogen and oxygen atoms in total. The molecule has 166 valence electrons. The molecule has 4 rings (SSSR count). The van der Waals surface area contributed by atoms with Crippen LogP contribution in [0.15, 0.2) is 78.9 Å². The zero-order chi connectivity index (χ0) is 22.3. The molecule has 3 aromatic rings. The van der Waals surface area contributed by atoms with Crippen molar-refractivity contribution in [2.75, 3.05) is 13.1 Å². The summed E-state index contributed by atoms with van der Waals surface area (Å²) >= 11 is 12.8. The lowest BCUT2D eigenvalue weighted by Crippen LogP contribution is -2.44. The van der Waals surface area contributed by atoms with Gasteiger partial charge in [-0.1, -0.05) is 89.9 Å². The molecule has 1 aliphatic heterocycles. The Kier molecular flexibility index (Phi) is 7.85. The number of nitrogens with zero attached hydrogens (tertiary/aromatic N) is 2. The van der Waals surface area contributed by atoms with E-state index in [1.807, 2.05) is 59.5 Å². The van der Waals surface area contributed by atoms with Crippen molar-refractivity contribution in [3.8, 4) is 0 Å². The van der Waals surface area contributed by atoms with Crippen molar-refractivity contribution < 1.29 is 4.79 Å². The molecule has 1 saturated heterocycles. The third-order valence-corrected chi connectivity index (χ3v) is 6.75. The Bertz CT molecular complexity index is 965. The highest BCUT2D eigenvalue weighted by molar-refractivity contribution is 6.35. The first-order valence-corrected chi connectivity index (χ1v) is 11.9. The molecule has 1 fully saturated rings. The number of likely N-dealkylation sites (tertiary alicyclic amines) is 1. The van der Waals surface area contributed by atoms with Crippen LogP contribution in [0, 0.1) is 5.92 Å². The fourth-order valence-electron chi connectivity index (χ4n) is 4.39. The average molecular weight is 467 g/mol. The van der Waals surface area contributed by atoms with Crippen molar-refractivity contribution in [3.05, 3.63) is 106 Å². The summed E-state index contributed by atoms with van der Waals surface area (Å²) in [6.45, 7) is 3.56. The van der Waals surface area contributed by atoms with Crippen LogP contribution in [0.1, 0.15) is 29.5 Å². The molecular formula is C27H28Cl2N2O. The highest BCUT2D eigenvalue weighted by Gasteiger charge is 2.30. The zero-order valence-electron chi connectivity index (χ0n) is 18.1. The second-order valence-electron chi connectivity index (χ2n) is 8.44. The standard InChI is InChI=1S/C27H28Cl2N2O/c28-25-14-7-15-26(29)24(25)20-30-16-8-13-23(19-30)27(32)31(17-21-9-3-1-4-10-21)18-22-11-5-2-6-12-22/h1-7,9-12,14-15,23H,8,13,16-20H2. The van der Waals surface area contributed by atoms with Crippen molar-refractivity contribution >= 4 is 29.1 Å². The molecule has 0 spiro atoms. The Morgan fingerprint density at radius 3 is 1.97 bits per heavy atom. The molecule has 0 aliphatic carbocycles. The van der Waals surface area contributed by atoms with Gasteiger partial charge in [-0.25, -0.2) is 0 Å². The molecule has 0 saturated carbocycles. The van der Waals surface area contributed by atoms with Crippen molar-refractivity contribution in [2.45, 2.75) is 32.5 Å². The van der Waals surface area contributed by atoms with Crippen LogP contribution in [0.4, 0.5) is 0 Å². The van der Waals surface area contributed by atoms with Crippen LogP contribution in [-0.2, 0) is 24.4 Å². The number of rotatable bonds is 7. The van der Waals surface area contributed by atoms with Gasteiger partial charge in [0.1, 0.15) is 0 Å². The lowest BCUT2D eigenvalue weighted by molar-refractivity contribution is -0.138. The second kappa shape index (κ2) is 11.0. The Hall–Kier alpha value is -2.33. The quantitative estimate of drug-likeness (QED) is 0.400. The number of hydrogen-bond acceptors (Lipinski definition) is 2. The third kappa shape index (κ3) is 5.92. The maximum atomic E-state index is 13.7. The van der Waals surface area contributed by atoms with E-state index in [-0.39, 0.29) is 11.8 Å². The summed E-state index contributed by atoms with van der Waals surface area (Å²) in [6, 6.07) is 26.0. The number of benzene rings is 3. The van der Waals surface area contributed by atoms with Gasteiger partial charge in [0, 0.05) is 41.8 Å². The van der Waals surface area contributed by atoms with Gasteiger partial charge in [0.25, 0.3) is 0 Å². The minimum atomic E-state index is -0.0302. The maximum absolute atomic E-state index is 13.7. The van der Waals surface area contributed by atoms with Crippen LogP contribution < -0.4 is 0 Å². The minimum absolute atomic E-state index is 0.0302. The van der Waals surface area contributed by atoms with E-state index >= 15 is 0 Å². The number of piperidine rings is 1. The molecule has 1 unspecified atom stereocenters. The van der Waals surface area contributed by atoms with Crippen molar-refractivity contribution in [3.63, 3.8) is 0 Å². The normalized spacial score (nSPS) is 16.6. The number of hydrogen-bond donors (Lipinski definition) is 0. The van der Waals surface area contributed by atoms with Gasteiger partial charge < -0.3 is 4.90 Å². The number of amides is 1. The highest BCUT2D eigenvalue weighted by Crippen LogP contribution is 2.28. The average Bonchev–Trinajstić information content (AvgIpc) is 2.82. The van der Waals surface area contributed by atoms with Gasteiger partial charge in [-0.3, -0.25) is 9.69 Å². The van der Waals surface area contributed by atoms with Gasteiger partial charge >= 0.3 is 0 Å². The second-order valence-corrected chi connectivity index (χ2v) is 9.25. The molecule has 0 radical (unpaired) electrons. The van der Waals surface area contributed by atoms with E-state index in [1.165, 1.54) is 0 Å². The Morgan fingerprint density at radius 2 is 1.41 bits per heavy atom. The van der Waals surface area contributed by atoms with E-state index < -0.39 is 0 Å². The molecule has 0 bridgehead atoms. The third-order valence-electron chi connectivity index (χ3n) is 6.04. The lowest BCUT2D eigenvalue weighted by Gasteiger charge is -2.35. The SMILES string of the molecule is O=C(C1CCCN(Cc2c(Cl)cccc2Cl)C1)N(Cc1ccccc1)Cc1ccccc1. The fourth-order valence-corrected chi connectivity index (χ4v) is 4.90. The Morgan fingerprint density at radius 1 is 0.844 bits per heavy atom. The van der Waals surface area contributed by atoms with E-state index in [0.717, 1.165) is 42.6 Å². The van der Waals surface area contributed by atoms with Crippen LogP contribution in [0.25, 0.3) is 0 Å². The first-order valence-electron chi connectivity index (χ1n) is 11.1. The predicted molar refractivity (Wildman–Crippen MR) is 132 cm³/mol. The van der Waals surface area contributed by atoms with Gasteiger partial charge in [0.2, 0.25) is 5.91 Å². The number of carbonyl (C=O) groups excluding carboxylic acids is 1. The summed E-state index contributed by atoms with van der Waals surface area (Å²) in [6.07, 6.45) is 1.90. The molecule has 0 aromatic heterocycles. The highest BCUT2D eigenvalue weighted by atomic mass is 35.5. The molecule has 1 atom stereocenters. The Labute approximate surface area is 200 Å². The monoisotopic (exact) mass is 466 g/mol. The summed E-state index contributed by atoms with van der Waals surface area (Å²) in [4.78, 5) is 18.0. The van der Waals surface area contributed by atoms with E-state index in [9.17, 15) is 4.79 Å². The zero-order valence-corrected chi connectivity index (χ0v) is 19.6. The predicted octanol–water partition coefficient (Wildman–Crippen LogP) is 6.43. The van der Waals surface area contributed by atoms with E-state index in [2.05, 4.69) is 29.2 Å². The van der Waals surface area contributed by atoms with Gasteiger partial charge in [0.05, 0.1) is 5.92 Å². The molecule has 1 aliphatic rings. The minimum Gasteiger partial charge on any atom is -0.334 e. The van der Waals surface area contributed by atoms with Crippen LogP contribution in [0.2, 0.25) is 10.0 Å². The summed E-state index contributed by atoms with van der Waals surface area (Å²) in [7, 11) is 0. The van der Waals surface area contributed by atoms with E-state index in [0.29, 0.717) is 29.7 Å². The Balaban J connectivity index is 1.49. The number of halogens is 2. The van der Waals surface area contributed by atoms with Gasteiger partial charge in [-0.15, -0.1) is 0 Å². The first kappa shape index (κ1) is 22.8. The van der Waals surface area contributed by atoms with Gasteiger partial charge in [-0.2, -0.15) is 0 Å². The summed E-state index contributed by atoms with van der Waals surface area (Å²) < 4.78 is 0. The molecule has 5 heteroatoms. The molecule has 32 heavy (non-hydrogen) atoms. The summed E-state index contributed by atoms with van der Waals surface area (Å²) in [5, 5.41) is 1.36. The largest absolute Gasteiger partial charge is 0.334 e. The topological polar surface area (TPSA) is 23.6 Å². The van der Waals surface area contributed by atoms with Crippen LogP contribution in [0.5, 0.6) is 0 Å². The lowest BCUT2D eigenvalue weighted by atomic mass is 9.95. The van der Waals surface area contributed by atoms with E-state index in [4.69, 9.17) is 23.2 Å². The van der Waals surface area contributed by atoms with Crippen LogP contribution >= 0.6 is 23.2 Å². The molecule has 1 heterocycles.